The number of fused-ring (bicyclic) bond motifs is 1. The molecule has 1 aromatic carbocycles. The lowest BCUT2D eigenvalue weighted by Gasteiger charge is -2.23. The van der Waals surface area contributed by atoms with Crippen molar-refractivity contribution in [3.05, 3.63) is 36.5 Å². The Kier molecular flexibility index (Phi) is 6.19. The number of hydrogen-bond acceptors (Lipinski definition) is 4. The molecule has 1 atom stereocenters. The van der Waals surface area contributed by atoms with E-state index in [1.165, 1.54) is 19.3 Å². The predicted octanol–water partition coefficient (Wildman–Crippen LogP) is 3.07. The third-order valence-corrected chi connectivity index (χ3v) is 4.44. The summed E-state index contributed by atoms with van der Waals surface area (Å²) >= 11 is 0. The monoisotopic (exact) mass is 343 g/mol. The Bertz CT molecular complexity index is 701. The number of aliphatic hydroxyl groups excluding tert-OH is 1. The highest BCUT2D eigenvalue weighted by Crippen LogP contribution is 2.20. The molecule has 2 aromatic rings. The largest absolute Gasteiger partial charge is 0.389 e. The highest BCUT2D eigenvalue weighted by molar-refractivity contribution is 5.92. The van der Waals surface area contributed by atoms with E-state index in [1.807, 2.05) is 24.3 Å². The van der Waals surface area contributed by atoms with E-state index in [0.29, 0.717) is 5.69 Å². The van der Waals surface area contributed by atoms with Crippen LogP contribution >= 0.6 is 0 Å². The second kappa shape index (κ2) is 8.78. The molecule has 0 saturated heterocycles. The number of urea groups is 1. The van der Waals surface area contributed by atoms with Crippen LogP contribution < -0.4 is 10.6 Å². The number of carbonyl (C=O) groups excluding carboxylic acids is 1. The summed E-state index contributed by atoms with van der Waals surface area (Å²) < 4.78 is 5.71. The van der Waals surface area contributed by atoms with Gasteiger partial charge in [-0.15, -0.1) is 0 Å². The molecule has 1 unspecified atom stereocenters. The van der Waals surface area contributed by atoms with Crippen molar-refractivity contribution in [3.8, 4) is 0 Å². The number of rotatable bonds is 6. The van der Waals surface area contributed by atoms with E-state index >= 15 is 0 Å². The number of amides is 2. The molecule has 1 saturated carbocycles. The SMILES string of the molecule is O=C(NCC(O)COC1CCCCC1)Nc1ccc2ncccc2c1. The number of aromatic nitrogens is 1. The van der Waals surface area contributed by atoms with Gasteiger partial charge in [0.15, 0.2) is 0 Å². The van der Waals surface area contributed by atoms with Crippen molar-refractivity contribution < 1.29 is 14.6 Å². The number of nitrogens with one attached hydrogen (secondary N) is 2. The van der Waals surface area contributed by atoms with Crippen LogP contribution in [0.15, 0.2) is 36.5 Å². The van der Waals surface area contributed by atoms with Crippen molar-refractivity contribution in [1.29, 1.82) is 0 Å². The van der Waals surface area contributed by atoms with Gasteiger partial charge in [-0.3, -0.25) is 4.98 Å². The normalized spacial score (nSPS) is 16.5. The summed E-state index contributed by atoms with van der Waals surface area (Å²) in [6, 6.07) is 8.98. The van der Waals surface area contributed by atoms with Crippen LogP contribution in [0.25, 0.3) is 10.9 Å². The van der Waals surface area contributed by atoms with E-state index < -0.39 is 6.10 Å². The van der Waals surface area contributed by atoms with Crippen LogP contribution in [0.5, 0.6) is 0 Å². The molecule has 3 N–H and O–H groups in total. The summed E-state index contributed by atoms with van der Waals surface area (Å²) in [5, 5.41) is 16.4. The minimum Gasteiger partial charge on any atom is -0.389 e. The molecule has 2 amide bonds. The quantitative estimate of drug-likeness (QED) is 0.753. The summed E-state index contributed by atoms with van der Waals surface area (Å²) in [7, 11) is 0. The van der Waals surface area contributed by atoms with Crippen LogP contribution in [0.4, 0.5) is 10.5 Å². The van der Waals surface area contributed by atoms with Gasteiger partial charge in [0.2, 0.25) is 0 Å². The zero-order valence-electron chi connectivity index (χ0n) is 14.3. The van der Waals surface area contributed by atoms with E-state index in [4.69, 9.17) is 4.74 Å². The van der Waals surface area contributed by atoms with E-state index in [1.54, 1.807) is 12.3 Å². The first-order valence-electron chi connectivity index (χ1n) is 8.90. The zero-order valence-corrected chi connectivity index (χ0v) is 14.3. The first kappa shape index (κ1) is 17.6. The Balaban J connectivity index is 1.40. The van der Waals surface area contributed by atoms with Gasteiger partial charge in [-0.05, 0) is 37.1 Å². The van der Waals surface area contributed by atoms with Crippen molar-refractivity contribution in [1.82, 2.24) is 10.3 Å². The van der Waals surface area contributed by atoms with Crippen molar-refractivity contribution in [2.75, 3.05) is 18.5 Å². The molecule has 0 radical (unpaired) electrons. The first-order chi connectivity index (χ1) is 12.2. The molecule has 3 rings (SSSR count). The van der Waals surface area contributed by atoms with Gasteiger partial charge in [0, 0.05) is 23.8 Å². The van der Waals surface area contributed by atoms with Crippen molar-refractivity contribution in [2.45, 2.75) is 44.3 Å². The molecule has 1 fully saturated rings. The lowest BCUT2D eigenvalue weighted by molar-refractivity contribution is -0.0221. The maximum absolute atomic E-state index is 12.0. The van der Waals surface area contributed by atoms with Gasteiger partial charge in [0.25, 0.3) is 0 Å². The van der Waals surface area contributed by atoms with Gasteiger partial charge < -0.3 is 20.5 Å². The van der Waals surface area contributed by atoms with Crippen LogP contribution in [0, 0.1) is 0 Å². The topological polar surface area (TPSA) is 83.5 Å². The Morgan fingerprint density at radius 2 is 2.12 bits per heavy atom. The molecule has 6 heteroatoms. The van der Waals surface area contributed by atoms with Crippen molar-refractivity contribution in [3.63, 3.8) is 0 Å². The fraction of sp³-hybridized carbons (Fsp3) is 0.474. The van der Waals surface area contributed by atoms with Gasteiger partial charge in [-0.1, -0.05) is 25.3 Å². The highest BCUT2D eigenvalue weighted by Gasteiger charge is 2.16. The molecule has 1 aliphatic carbocycles. The highest BCUT2D eigenvalue weighted by atomic mass is 16.5. The average molecular weight is 343 g/mol. The third kappa shape index (κ3) is 5.41. The molecule has 25 heavy (non-hydrogen) atoms. The van der Waals surface area contributed by atoms with E-state index in [9.17, 15) is 9.90 Å². The fourth-order valence-electron chi connectivity index (χ4n) is 3.08. The summed E-state index contributed by atoms with van der Waals surface area (Å²) in [5.74, 6) is 0. The number of aliphatic hydroxyl groups is 1. The van der Waals surface area contributed by atoms with Crippen LogP contribution in [0.1, 0.15) is 32.1 Å². The lowest BCUT2D eigenvalue weighted by atomic mass is 9.98. The number of pyridine rings is 1. The Labute approximate surface area is 147 Å². The van der Waals surface area contributed by atoms with Crippen LogP contribution in [-0.4, -0.2) is 41.5 Å². The zero-order chi connectivity index (χ0) is 17.5. The predicted molar refractivity (Wildman–Crippen MR) is 97.6 cm³/mol. The van der Waals surface area contributed by atoms with Gasteiger partial charge in [0.05, 0.1) is 24.3 Å². The summed E-state index contributed by atoms with van der Waals surface area (Å²) in [5.41, 5.74) is 1.56. The lowest BCUT2D eigenvalue weighted by Crippen LogP contribution is -2.38. The summed E-state index contributed by atoms with van der Waals surface area (Å²) in [6.07, 6.45) is 7.09. The molecule has 1 aromatic heterocycles. The molecule has 0 spiro atoms. The van der Waals surface area contributed by atoms with Gasteiger partial charge in [-0.2, -0.15) is 0 Å². The summed E-state index contributed by atoms with van der Waals surface area (Å²) in [6.45, 7) is 0.417. The molecule has 1 heterocycles. The van der Waals surface area contributed by atoms with Crippen LogP contribution in [0.2, 0.25) is 0 Å². The van der Waals surface area contributed by atoms with Gasteiger partial charge >= 0.3 is 6.03 Å². The third-order valence-electron chi connectivity index (χ3n) is 4.44. The minimum absolute atomic E-state index is 0.160. The molecule has 6 nitrogen and oxygen atoms in total. The fourth-order valence-corrected chi connectivity index (χ4v) is 3.08. The average Bonchev–Trinajstić information content (AvgIpc) is 2.65. The number of nitrogens with zero attached hydrogens (tertiary/aromatic N) is 1. The first-order valence-corrected chi connectivity index (χ1v) is 8.90. The standard InChI is InChI=1S/C19H25N3O3/c23-16(13-25-17-6-2-1-3-7-17)12-21-19(24)22-15-8-9-18-14(11-15)5-4-10-20-18/h4-5,8-11,16-17,23H,1-3,6-7,12-13H2,(H2,21,22,24). The maximum atomic E-state index is 12.0. The Morgan fingerprint density at radius 1 is 1.28 bits per heavy atom. The second-order valence-electron chi connectivity index (χ2n) is 6.49. The molecule has 134 valence electrons. The minimum atomic E-state index is -0.700. The molecule has 1 aliphatic rings. The van der Waals surface area contributed by atoms with Gasteiger partial charge in [0.1, 0.15) is 0 Å². The summed E-state index contributed by atoms with van der Waals surface area (Å²) in [4.78, 5) is 16.2. The van der Waals surface area contributed by atoms with Gasteiger partial charge in [-0.25, -0.2) is 4.79 Å². The Morgan fingerprint density at radius 3 is 2.96 bits per heavy atom. The van der Waals surface area contributed by atoms with Crippen LogP contribution in [0.3, 0.4) is 0 Å². The van der Waals surface area contributed by atoms with E-state index in [0.717, 1.165) is 23.7 Å². The number of hydrogen-bond donors (Lipinski definition) is 3. The number of ether oxygens (including phenoxy) is 1. The van der Waals surface area contributed by atoms with E-state index in [2.05, 4.69) is 15.6 Å². The van der Waals surface area contributed by atoms with Crippen LogP contribution in [-0.2, 0) is 4.74 Å². The van der Waals surface area contributed by atoms with E-state index in [-0.39, 0.29) is 25.3 Å². The maximum Gasteiger partial charge on any atom is 0.319 e. The number of carbonyl (C=O) groups is 1. The Hall–Kier alpha value is -2.18. The van der Waals surface area contributed by atoms with Crippen molar-refractivity contribution in [2.24, 2.45) is 0 Å². The molecule has 0 bridgehead atoms. The molecule has 0 aliphatic heterocycles. The smallest absolute Gasteiger partial charge is 0.319 e. The van der Waals surface area contributed by atoms with Crippen molar-refractivity contribution >= 4 is 22.6 Å². The second-order valence-corrected chi connectivity index (χ2v) is 6.49. The molecular weight excluding hydrogens is 318 g/mol. The number of benzene rings is 1. The number of anilines is 1. The molecular formula is C19H25N3O3.